The predicted octanol–water partition coefficient (Wildman–Crippen LogP) is -0.920. The maximum Gasteiger partial charge on any atom is 0.223 e. The third-order valence-corrected chi connectivity index (χ3v) is 2.47. The molecule has 0 bridgehead atoms. The van der Waals surface area contributed by atoms with Crippen molar-refractivity contribution in [3.63, 3.8) is 0 Å². The lowest BCUT2D eigenvalue weighted by atomic mass is 9.86. The fourth-order valence-electron chi connectivity index (χ4n) is 1.69. The van der Waals surface area contributed by atoms with Crippen LogP contribution in [0.15, 0.2) is 0 Å². The lowest BCUT2D eigenvalue weighted by Crippen LogP contribution is -2.41. The van der Waals surface area contributed by atoms with Gasteiger partial charge in [-0.3, -0.25) is 4.79 Å². The molecule has 0 aromatic rings. The quantitative estimate of drug-likeness (QED) is 0.515. The van der Waals surface area contributed by atoms with Crippen molar-refractivity contribution < 1.29 is 9.90 Å². The third kappa shape index (κ3) is 2.19. The smallest absolute Gasteiger partial charge is 0.223 e. The molecular formula is C8H16N2O2. The van der Waals surface area contributed by atoms with Gasteiger partial charge in [0.25, 0.3) is 0 Å². The van der Waals surface area contributed by atoms with Crippen molar-refractivity contribution in [2.24, 2.45) is 17.6 Å². The molecule has 0 radical (unpaired) electrons. The second-order valence-electron chi connectivity index (χ2n) is 3.30. The first-order chi connectivity index (χ1) is 5.75. The molecule has 1 fully saturated rings. The second-order valence-corrected chi connectivity index (χ2v) is 3.30. The number of aliphatic hydroxyl groups is 1. The van der Waals surface area contributed by atoms with E-state index in [1.165, 1.54) is 0 Å². The van der Waals surface area contributed by atoms with Gasteiger partial charge in [-0.1, -0.05) is 0 Å². The van der Waals surface area contributed by atoms with E-state index < -0.39 is 0 Å². The number of rotatable bonds is 3. The minimum atomic E-state index is -0.383. The summed E-state index contributed by atoms with van der Waals surface area (Å²) in [7, 11) is 0. The lowest BCUT2D eigenvalue weighted by molar-refractivity contribution is -0.125. The Balaban J connectivity index is 2.46. The second kappa shape index (κ2) is 4.42. The van der Waals surface area contributed by atoms with E-state index in [1.807, 2.05) is 0 Å². The molecule has 0 spiro atoms. The number of carbonyl (C=O) groups excluding carboxylic acids is 1. The van der Waals surface area contributed by atoms with Crippen LogP contribution in [0.3, 0.4) is 0 Å². The molecule has 1 aliphatic rings. The fourth-order valence-corrected chi connectivity index (χ4v) is 1.69. The summed E-state index contributed by atoms with van der Waals surface area (Å²) in [4.78, 5) is 10.9. The minimum Gasteiger partial charge on any atom is -0.396 e. The van der Waals surface area contributed by atoms with E-state index in [0.717, 1.165) is 25.9 Å². The first-order valence-electron chi connectivity index (χ1n) is 4.36. The SMILES string of the molecule is NC(=O)C(CO)C1CCCNC1. The number of primary amides is 1. The molecule has 4 nitrogen and oxygen atoms in total. The Morgan fingerprint density at radius 1 is 1.75 bits per heavy atom. The van der Waals surface area contributed by atoms with Crippen molar-refractivity contribution in [2.75, 3.05) is 19.7 Å². The van der Waals surface area contributed by atoms with Crippen molar-refractivity contribution in [1.82, 2.24) is 5.32 Å². The molecule has 70 valence electrons. The molecule has 0 aliphatic carbocycles. The minimum absolute atomic E-state index is 0.123. The van der Waals surface area contributed by atoms with Crippen molar-refractivity contribution in [3.8, 4) is 0 Å². The van der Waals surface area contributed by atoms with Crippen LogP contribution in [0, 0.1) is 11.8 Å². The predicted molar refractivity (Wildman–Crippen MR) is 45.4 cm³/mol. The average molecular weight is 172 g/mol. The van der Waals surface area contributed by atoms with Crippen molar-refractivity contribution in [1.29, 1.82) is 0 Å². The Labute approximate surface area is 72.1 Å². The van der Waals surface area contributed by atoms with Gasteiger partial charge in [-0.25, -0.2) is 0 Å². The van der Waals surface area contributed by atoms with Crippen LogP contribution in [0.1, 0.15) is 12.8 Å². The monoisotopic (exact) mass is 172 g/mol. The Hall–Kier alpha value is -0.610. The largest absolute Gasteiger partial charge is 0.396 e. The van der Waals surface area contributed by atoms with Crippen molar-refractivity contribution in [3.05, 3.63) is 0 Å². The van der Waals surface area contributed by atoms with Gasteiger partial charge in [0.05, 0.1) is 12.5 Å². The van der Waals surface area contributed by atoms with Crippen LogP contribution in [0.4, 0.5) is 0 Å². The van der Waals surface area contributed by atoms with Crippen LogP contribution in [0.5, 0.6) is 0 Å². The maximum atomic E-state index is 10.9. The molecule has 2 unspecified atom stereocenters. The molecule has 0 aromatic heterocycles. The zero-order chi connectivity index (χ0) is 8.97. The number of nitrogens with two attached hydrogens (primary N) is 1. The van der Waals surface area contributed by atoms with Crippen molar-refractivity contribution >= 4 is 5.91 Å². The summed E-state index contributed by atoms with van der Waals surface area (Å²) in [6.45, 7) is 1.68. The molecule has 4 N–H and O–H groups in total. The number of nitrogens with one attached hydrogen (secondary N) is 1. The Morgan fingerprint density at radius 2 is 2.50 bits per heavy atom. The van der Waals surface area contributed by atoms with Gasteiger partial charge in [0.15, 0.2) is 0 Å². The standard InChI is InChI=1S/C8H16N2O2/c9-8(12)7(5-11)6-2-1-3-10-4-6/h6-7,10-11H,1-5H2,(H2,9,12). The number of amides is 1. The lowest BCUT2D eigenvalue weighted by Gasteiger charge is -2.27. The highest BCUT2D eigenvalue weighted by molar-refractivity contribution is 5.77. The number of piperidine rings is 1. The molecule has 0 saturated carbocycles. The summed E-state index contributed by atoms with van der Waals surface area (Å²) in [5.41, 5.74) is 5.15. The number of aliphatic hydroxyl groups excluding tert-OH is 1. The van der Waals surface area contributed by atoms with Gasteiger partial charge in [0.1, 0.15) is 0 Å². The molecule has 4 heteroatoms. The summed E-state index contributed by atoms with van der Waals surface area (Å²) >= 11 is 0. The Bertz CT molecular complexity index is 155. The molecule has 1 saturated heterocycles. The normalized spacial score (nSPS) is 26.6. The first kappa shape index (κ1) is 9.48. The Morgan fingerprint density at radius 3 is 2.92 bits per heavy atom. The highest BCUT2D eigenvalue weighted by Gasteiger charge is 2.26. The summed E-state index contributed by atoms with van der Waals surface area (Å²) < 4.78 is 0. The third-order valence-electron chi connectivity index (χ3n) is 2.47. The van der Waals surface area contributed by atoms with E-state index in [4.69, 9.17) is 10.8 Å². The molecule has 1 aliphatic heterocycles. The first-order valence-corrected chi connectivity index (χ1v) is 4.36. The Kier molecular flexibility index (Phi) is 3.49. The topological polar surface area (TPSA) is 75.4 Å². The van der Waals surface area contributed by atoms with E-state index in [2.05, 4.69) is 5.32 Å². The van der Waals surface area contributed by atoms with Crippen LogP contribution >= 0.6 is 0 Å². The van der Waals surface area contributed by atoms with E-state index in [9.17, 15) is 4.79 Å². The van der Waals surface area contributed by atoms with Gasteiger partial charge < -0.3 is 16.2 Å². The molecule has 2 atom stereocenters. The summed E-state index contributed by atoms with van der Waals surface area (Å²) in [6.07, 6.45) is 2.05. The van der Waals surface area contributed by atoms with Crippen LogP contribution in [0.25, 0.3) is 0 Å². The molecule has 1 heterocycles. The van der Waals surface area contributed by atoms with Crippen molar-refractivity contribution in [2.45, 2.75) is 12.8 Å². The summed E-state index contributed by atoms with van der Waals surface area (Å²) in [5, 5.41) is 12.1. The molecule has 0 aromatic carbocycles. The van der Waals surface area contributed by atoms with Gasteiger partial charge in [-0.2, -0.15) is 0 Å². The zero-order valence-corrected chi connectivity index (χ0v) is 7.12. The summed E-state index contributed by atoms with van der Waals surface area (Å²) in [5.74, 6) is -0.523. The van der Waals surface area contributed by atoms with Gasteiger partial charge in [-0.05, 0) is 31.8 Å². The maximum absolute atomic E-state index is 10.9. The summed E-state index contributed by atoms with van der Waals surface area (Å²) in [6, 6.07) is 0. The van der Waals surface area contributed by atoms with E-state index in [-0.39, 0.29) is 24.3 Å². The van der Waals surface area contributed by atoms with E-state index in [1.54, 1.807) is 0 Å². The highest BCUT2D eigenvalue weighted by Crippen LogP contribution is 2.19. The van der Waals surface area contributed by atoms with Gasteiger partial charge >= 0.3 is 0 Å². The van der Waals surface area contributed by atoms with E-state index >= 15 is 0 Å². The molecular weight excluding hydrogens is 156 g/mol. The molecule has 12 heavy (non-hydrogen) atoms. The van der Waals surface area contributed by atoms with E-state index in [0.29, 0.717) is 0 Å². The highest BCUT2D eigenvalue weighted by atomic mass is 16.3. The molecule has 1 rings (SSSR count). The van der Waals surface area contributed by atoms with Crippen LogP contribution < -0.4 is 11.1 Å². The van der Waals surface area contributed by atoms with Gasteiger partial charge in [0.2, 0.25) is 5.91 Å². The van der Waals surface area contributed by atoms with Crippen LogP contribution in [-0.2, 0) is 4.79 Å². The number of hydrogen-bond acceptors (Lipinski definition) is 3. The van der Waals surface area contributed by atoms with Crippen LogP contribution in [0.2, 0.25) is 0 Å². The number of hydrogen-bond donors (Lipinski definition) is 3. The fraction of sp³-hybridized carbons (Fsp3) is 0.875. The van der Waals surface area contributed by atoms with Gasteiger partial charge in [0, 0.05) is 0 Å². The number of carbonyl (C=O) groups is 1. The van der Waals surface area contributed by atoms with Gasteiger partial charge in [-0.15, -0.1) is 0 Å². The average Bonchev–Trinajstić information content (AvgIpc) is 2.07. The zero-order valence-electron chi connectivity index (χ0n) is 7.12. The molecule has 1 amide bonds. The van der Waals surface area contributed by atoms with Crippen LogP contribution in [-0.4, -0.2) is 30.7 Å².